The Balaban J connectivity index is 1.67. The average molecular weight is 412 g/mol. The molecule has 1 N–H and O–H groups in total. The van der Waals surface area contributed by atoms with Gasteiger partial charge in [0.25, 0.3) is 0 Å². The Morgan fingerprint density at radius 2 is 1.63 bits per heavy atom. The van der Waals surface area contributed by atoms with E-state index < -0.39 is 0 Å². The van der Waals surface area contributed by atoms with Crippen LogP contribution in [0, 0.1) is 6.92 Å². The molecule has 0 spiro atoms. The third-order valence-corrected chi connectivity index (χ3v) is 5.70. The van der Waals surface area contributed by atoms with Crippen molar-refractivity contribution in [1.29, 1.82) is 0 Å². The van der Waals surface area contributed by atoms with Gasteiger partial charge in [0.2, 0.25) is 0 Å². The lowest BCUT2D eigenvalue weighted by molar-refractivity contribution is 0.548. The lowest BCUT2D eigenvalue weighted by Crippen LogP contribution is -2.30. The predicted molar refractivity (Wildman–Crippen MR) is 123 cm³/mol. The topological polar surface area (TPSA) is 46.0 Å². The van der Waals surface area contributed by atoms with Gasteiger partial charge in [-0.15, -0.1) is 0 Å². The largest absolute Gasteiger partial charge is 0.351 e. The summed E-state index contributed by atoms with van der Waals surface area (Å²) in [6.45, 7) is 2.09. The molecule has 0 saturated carbocycles. The Labute approximate surface area is 181 Å². The summed E-state index contributed by atoms with van der Waals surface area (Å²) in [4.78, 5) is 11.4. The van der Waals surface area contributed by atoms with E-state index in [2.05, 4.69) is 62.0 Å². The van der Waals surface area contributed by atoms with E-state index in [-0.39, 0.29) is 12.1 Å². The minimum atomic E-state index is -0.0858. The normalized spacial score (nSPS) is 18.4. The van der Waals surface area contributed by atoms with Gasteiger partial charge in [-0.1, -0.05) is 29.8 Å². The Kier molecular flexibility index (Phi) is 4.77. The number of thiocarbonyl (C=S) groups is 1. The second-order valence-electron chi connectivity index (χ2n) is 7.32. The molecule has 1 fully saturated rings. The van der Waals surface area contributed by atoms with E-state index >= 15 is 0 Å². The van der Waals surface area contributed by atoms with Crippen LogP contribution in [0.2, 0.25) is 0 Å². The van der Waals surface area contributed by atoms with Gasteiger partial charge >= 0.3 is 0 Å². The second-order valence-corrected chi connectivity index (χ2v) is 7.71. The van der Waals surface area contributed by atoms with Gasteiger partial charge in [0.15, 0.2) is 5.11 Å². The van der Waals surface area contributed by atoms with Crippen molar-refractivity contribution < 1.29 is 0 Å². The van der Waals surface area contributed by atoms with Crippen LogP contribution in [0.15, 0.2) is 91.4 Å². The zero-order valence-corrected chi connectivity index (χ0v) is 17.3. The molecule has 0 unspecified atom stereocenters. The molecule has 6 heteroatoms. The van der Waals surface area contributed by atoms with Crippen molar-refractivity contribution in [3.8, 4) is 5.82 Å². The average Bonchev–Trinajstić information content (AvgIpc) is 3.40. The molecule has 1 aliphatic rings. The summed E-state index contributed by atoms with van der Waals surface area (Å²) in [6.07, 6.45) is 5.68. The molecule has 0 bridgehead atoms. The fraction of sp³-hybridized carbons (Fsp3) is 0.125. The van der Waals surface area contributed by atoms with Crippen LogP contribution < -0.4 is 10.2 Å². The summed E-state index contributed by atoms with van der Waals surface area (Å²) >= 11 is 5.81. The third-order valence-electron chi connectivity index (χ3n) is 5.39. The Morgan fingerprint density at radius 3 is 2.33 bits per heavy atom. The number of pyridine rings is 2. The number of benzene rings is 1. The van der Waals surface area contributed by atoms with E-state index in [1.165, 1.54) is 5.56 Å². The maximum absolute atomic E-state index is 5.81. The van der Waals surface area contributed by atoms with Crippen molar-refractivity contribution in [1.82, 2.24) is 19.9 Å². The first-order valence-corrected chi connectivity index (χ1v) is 10.3. The first-order chi connectivity index (χ1) is 14.7. The number of aromatic nitrogens is 3. The van der Waals surface area contributed by atoms with Gasteiger partial charge in [-0.25, -0.2) is 4.98 Å². The molecule has 2 atom stereocenters. The van der Waals surface area contributed by atoms with E-state index in [1.807, 2.05) is 61.1 Å². The van der Waals surface area contributed by atoms with E-state index in [0.717, 1.165) is 22.9 Å². The maximum Gasteiger partial charge on any atom is 0.174 e. The van der Waals surface area contributed by atoms with Crippen LogP contribution >= 0.6 is 12.2 Å². The number of hydrogen-bond acceptors (Lipinski definition) is 3. The van der Waals surface area contributed by atoms with Gasteiger partial charge in [0.1, 0.15) is 11.9 Å². The van der Waals surface area contributed by atoms with Gasteiger partial charge in [-0.2, -0.15) is 0 Å². The molecule has 5 rings (SSSR count). The molecule has 1 aliphatic heterocycles. The monoisotopic (exact) mass is 411 g/mol. The smallest absolute Gasteiger partial charge is 0.174 e. The number of hydrogen-bond donors (Lipinski definition) is 1. The highest BCUT2D eigenvalue weighted by molar-refractivity contribution is 7.80. The fourth-order valence-corrected chi connectivity index (χ4v) is 4.32. The lowest BCUT2D eigenvalue weighted by atomic mass is 10.0. The number of aryl methyl sites for hydroxylation is 1. The van der Waals surface area contributed by atoms with E-state index in [9.17, 15) is 0 Å². The summed E-state index contributed by atoms with van der Waals surface area (Å²) in [5.74, 6) is 0.874. The zero-order chi connectivity index (χ0) is 20.5. The van der Waals surface area contributed by atoms with Crippen molar-refractivity contribution in [2.24, 2.45) is 0 Å². The lowest BCUT2D eigenvalue weighted by Gasteiger charge is -2.28. The van der Waals surface area contributed by atoms with Crippen molar-refractivity contribution in [3.63, 3.8) is 0 Å². The highest BCUT2D eigenvalue weighted by atomic mass is 32.1. The summed E-state index contributed by atoms with van der Waals surface area (Å²) in [5.41, 5.74) is 4.31. The summed E-state index contributed by atoms with van der Waals surface area (Å²) in [6, 6.07) is 24.4. The quantitative estimate of drug-likeness (QED) is 0.491. The Hall–Kier alpha value is -3.51. The molecule has 30 heavy (non-hydrogen) atoms. The molecule has 0 amide bonds. The SMILES string of the molecule is Cc1ccc(N2C(=S)N[C@H](c3ccccn3)[C@H]2c2cccn2-c2ccccn2)cc1. The van der Waals surface area contributed by atoms with Crippen LogP contribution in [0.5, 0.6) is 0 Å². The standard InChI is InChI=1S/C24H21N5S/c1-17-10-12-18(13-11-17)29-23(22(27-24(29)30)19-7-2-4-14-25-19)20-8-6-16-28(20)21-9-3-5-15-26-21/h2-16,22-23H,1H3,(H,27,30)/t22-,23-/m1/s1. The van der Waals surface area contributed by atoms with E-state index in [1.54, 1.807) is 0 Å². The van der Waals surface area contributed by atoms with Crippen LogP contribution in [-0.4, -0.2) is 19.6 Å². The molecular weight excluding hydrogens is 390 g/mol. The highest BCUT2D eigenvalue weighted by Gasteiger charge is 2.42. The zero-order valence-electron chi connectivity index (χ0n) is 16.5. The minimum Gasteiger partial charge on any atom is -0.351 e. The fourth-order valence-electron chi connectivity index (χ4n) is 3.98. The Morgan fingerprint density at radius 1 is 0.867 bits per heavy atom. The van der Waals surface area contributed by atoms with Crippen molar-refractivity contribution >= 4 is 23.0 Å². The van der Waals surface area contributed by atoms with Crippen LogP contribution in [0.25, 0.3) is 5.82 Å². The van der Waals surface area contributed by atoms with Crippen LogP contribution in [0.3, 0.4) is 0 Å². The number of nitrogens with zero attached hydrogens (tertiary/aromatic N) is 4. The third kappa shape index (κ3) is 3.25. The summed E-state index contributed by atoms with van der Waals surface area (Å²) in [7, 11) is 0. The molecule has 4 aromatic rings. The maximum atomic E-state index is 5.81. The van der Waals surface area contributed by atoms with E-state index in [0.29, 0.717) is 5.11 Å². The second kappa shape index (κ2) is 7.72. The van der Waals surface area contributed by atoms with Gasteiger partial charge in [-0.3, -0.25) is 4.98 Å². The number of nitrogens with one attached hydrogen (secondary N) is 1. The summed E-state index contributed by atoms with van der Waals surface area (Å²) < 4.78 is 2.12. The van der Waals surface area contributed by atoms with Crippen molar-refractivity contribution in [2.75, 3.05) is 4.90 Å². The number of rotatable bonds is 4. The van der Waals surface area contributed by atoms with Gasteiger partial charge in [-0.05, 0) is 67.7 Å². The first-order valence-electron chi connectivity index (χ1n) is 9.88. The molecular formula is C24H21N5S. The summed E-state index contributed by atoms with van der Waals surface area (Å²) in [5, 5.41) is 4.20. The molecule has 1 saturated heterocycles. The molecule has 0 radical (unpaired) electrons. The van der Waals surface area contributed by atoms with Gasteiger partial charge < -0.3 is 14.8 Å². The first kappa shape index (κ1) is 18.5. The highest BCUT2D eigenvalue weighted by Crippen LogP contribution is 2.42. The predicted octanol–water partition coefficient (Wildman–Crippen LogP) is 4.75. The Bertz CT molecular complexity index is 1160. The minimum absolute atomic E-state index is 0.0767. The molecule has 3 aromatic heterocycles. The van der Waals surface area contributed by atoms with Gasteiger partial charge in [0, 0.05) is 30.0 Å². The van der Waals surface area contributed by atoms with Crippen molar-refractivity contribution in [2.45, 2.75) is 19.0 Å². The molecule has 148 valence electrons. The van der Waals surface area contributed by atoms with Gasteiger partial charge in [0.05, 0.1) is 11.7 Å². The van der Waals surface area contributed by atoms with Crippen molar-refractivity contribution in [3.05, 3.63) is 108 Å². The molecule has 5 nitrogen and oxygen atoms in total. The molecule has 1 aromatic carbocycles. The van der Waals surface area contributed by atoms with E-state index in [4.69, 9.17) is 12.2 Å². The van der Waals surface area contributed by atoms with Crippen LogP contribution in [0.4, 0.5) is 5.69 Å². The molecule has 4 heterocycles. The molecule has 0 aliphatic carbocycles. The number of anilines is 1. The van der Waals surface area contributed by atoms with Crippen LogP contribution in [-0.2, 0) is 0 Å². The van der Waals surface area contributed by atoms with Crippen LogP contribution in [0.1, 0.15) is 29.0 Å².